The fraction of sp³-hybridized carbons (Fsp3) is 0.917. The van der Waals surface area contributed by atoms with E-state index in [-0.39, 0.29) is 30.5 Å². The summed E-state index contributed by atoms with van der Waals surface area (Å²) in [4.78, 5) is 5.51. The minimum absolute atomic E-state index is 0. The van der Waals surface area contributed by atoms with Crippen LogP contribution in [0.1, 0.15) is 20.3 Å². The van der Waals surface area contributed by atoms with E-state index < -0.39 is 12.7 Å². The predicted molar refractivity (Wildman–Crippen MR) is 85.7 cm³/mol. The number of rotatable bonds is 6. The van der Waals surface area contributed by atoms with Gasteiger partial charge in [-0.15, -0.1) is 24.0 Å². The summed E-state index contributed by atoms with van der Waals surface area (Å²) >= 11 is 0. The van der Waals surface area contributed by atoms with Gasteiger partial charge in [0, 0.05) is 19.1 Å². The summed E-state index contributed by atoms with van der Waals surface area (Å²) < 4.78 is 36.4. The SMILES string of the molecule is CCNC(=NCCN(C)CC(F)(F)F)NC1CC1C.I. The molecule has 0 aromatic rings. The first kappa shape index (κ1) is 19.8. The third-order valence-corrected chi connectivity index (χ3v) is 2.98. The van der Waals surface area contributed by atoms with E-state index in [2.05, 4.69) is 22.5 Å². The molecule has 2 unspecified atom stereocenters. The molecule has 0 heterocycles. The molecule has 1 saturated carbocycles. The largest absolute Gasteiger partial charge is 0.401 e. The van der Waals surface area contributed by atoms with Crippen LogP contribution in [-0.4, -0.2) is 56.3 Å². The monoisotopic (exact) mass is 408 g/mol. The summed E-state index contributed by atoms with van der Waals surface area (Å²) in [6.45, 7) is 4.60. The average molecular weight is 408 g/mol. The van der Waals surface area contributed by atoms with Crippen LogP contribution in [0.4, 0.5) is 13.2 Å². The van der Waals surface area contributed by atoms with Crippen molar-refractivity contribution in [1.82, 2.24) is 15.5 Å². The van der Waals surface area contributed by atoms with Crippen LogP contribution in [0.2, 0.25) is 0 Å². The van der Waals surface area contributed by atoms with Gasteiger partial charge in [-0.3, -0.25) is 9.89 Å². The Balaban J connectivity index is 0.00000361. The lowest BCUT2D eigenvalue weighted by atomic mass is 10.5. The number of likely N-dealkylation sites (N-methyl/N-ethyl adjacent to an activating group) is 1. The molecule has 0 amide bonds. The van der Waals surface area contributed by atoms with Gasteiger partial charge >= 0.3 is 6.18 Å². The molecule has 0 aliphatic heterocycles. The number of nitrogens with zero attached hydrogens (tertiary/aromatic N) is 2. The van der Waals surface area contributed by atoms with Crippen LogP contribution >= 0.6 is 24.0 Å². The lowest BCUT2D eigenvalue weighted by Gasteiger charge is -2.17. The van der Waals surface area contributed by atoms with E-state index in [9.17, 15) is 13.2 Å². The molecule has 2 N–H and O–H groups in total. The Morgan fingerprint density at radius 1 is 1.40 bits per heavy atom. The van der Waals surface area contributed by atoms with Crippen LogP contribution in [0.25, 0.3) is 0 Å². The Labute approximate surface area is 135 Å². The van der Waals surface area contributed by atoms with Gasteiger partial charge in [0.1, 0.15) is 0 Å². The van der Waals surface area contributed by atoms with Crippen molar-refractivity contribution in [3.8, 4) is 0 Å². The second-order valence-corrected chi connectivity index (χ2v) is 5.08. The molecule has 2 atom stereocenters. The first-order valence-corrected chi connectivity index (χ1v) is 6.62. The second-order valence-electron chi connectivity index (χ2n) is 5.08. The summed E-state index contributed by atoms with van der Waals surface area (Å²) in [5.41, 5.74) is 0. The predicted octanol–water partition coefficient (Wildman–Crippen LogP) is 2.06. The van der Waals surface area contributed by atoms with E-state index in [1.807, 2.05) is 6.92 Å². The molecule has 0 radical (unpaired) electrons. The summed E-state index contributed by atoms with van der Waals surface area (Å²) in [5, 5.41) is 6.36. The topological polar surface area (TPSA) is 39.7 Å². The fourth-order valence-corrected chi connectivity index (χ4v) is 1.74. The van der Waals surface area contributed by atoms with E-state index in [0.717, 1.165) is 13.0 Å². The van der Waals surface area contributed by atoms with Crippen molar-refractivity contribution in [3.05, 3.63) is 0 Å². The van der Waals surface area contributed by atoms with Crippen molar-refractivity contribution < 1.29 is 13.2 Å². The molecular weight excluding hydrogens is 384 g/mol. The third-order valence-electron chi connectivity index (χ3n) is 2.98. The smallest absolute Gasteiger partial charge is 0.357 e. The Kier molecular flexibility index (Phi) is 8.80. The number of halogens is 4. The fourth-order valence-electron chi connectivity index (χ4n) is 1.74. The van der Waals surface area contributed by atoms with Crippen molar-refractivity contribution >= 4 is 29.9 Å². The normalized spacial score (nSPS) is 22.4. The molecule has 0 bridgehead atoms. The molecule has 0 saturated heterocycles. The quantitative estimate of drug-likeness (QED) is 0.402. The molecule has 120 valence electrons. The van der Waals surface area contributed by atoms with Crippen LogP contribution in [-0.2, 0) is 0 Å². The van der Waals surface area contributed by atoms with Gasteiger partial charge in [0.2, 0.25) is 0 Å². The number of hydrogen-bond donors (Lipinski definition) is 2. The van der Waals surface area contributed by atoms with Crippen LogP contribution in [0.5, 0.6) is 0 Å². The lowest BCUT2D eigenvalue weighted by molar-refractivity contribution is -0.142. The summed E-state index contributed by atoms with van der Waals surface area (Å²) in [5.74, 6) is 1.34. The molecule has 1 aliphatic carbocycles. The zero-order valence-electron chi connectivity index (χ0n) is 12.1. The highest BCUT2D eigenvalue weighted by Crippen LogP contribution is 2.28. The molecule has 1 fully saturated rings. The van der Waals surface area contributed by atoms with Crippen molar-refractivity contribution in [1.29, 1.82) is 0 Å². The van der Waals surface area contributed by atoms with Crippen molar-refractivity contribution in [3.63, 3.8) is 0 Å². The molecule has 0 spiro atoms. The van der Waals surface area contributed by atoms with Crippen molar-refractivity contribution in [2.24, 2.45) is 10.9 Å². The molecule has 0 aromatic carbocycles. The first-order valence-electron chi connectivity index (χ1n) is 6.62. The van der Waals surface area contributed by atoms with Crippen LogP contribution in [0.15, 0.2) is 4.99 Å². The van der Waals surface area contributed by atoms with Gasteiger partial charge in [0.15, 0.2) is 5.96 Å². The van der Waals surface area contributed by atoms with E-state index in [4.69, 9.17) is 0 Å². The zero-order chi connectivity index (χ0) is 14.5. The highest BCUT2D eigenvalue weighted by molar-refractivity contribution is 14.0. The van der Waals surface area contributed by atoms with Gasteiger partial charge in [-0.2, -0.15) is 13.2 Å². The van der Waals surface area contributed by atoms with E-state index in [0.29, 0.717) is 24.5 Å². The molecule has 8 heteroatoms. The third kappa shape index (κ3) is 8.83. The molecular formula is C12H24F3IN4. The van der Waals surface area contributed by atoms with Crippen LogP contribution in [0, 0.1) is 5.92 Å². The van der Waals surface area contributed by atoms with Gasteiger partial charge in [-0.05, 0) is 26.3 Å². The molecule has 0 aromatic heterocycles. The number of aliphatic imine (C=N–C) groups is 1. The molecule has 4 nitrogen and oxygen atoms in total. The van der Waals surface area contributed by atoms with Crippen LogP contribution in [0.3, 0.4) is 0 Å². The van der Waals surface area contributed by atoms with E-state index in [1.54, 1.807) is 0 Å². The van der Waals surface area contributed by atoms with Crippen molar-refractivity contribution in [2.45, 2.75) is 32.5 Å². The minimum Gasteiger partial charge on any atom is -0.357 e. The molecule has 20 heavy (non-hydrogen) atoms. The Hall–Kier alpha value is -0.250. The maximum atomic E-state index is 12.1. The summed E-state index contributed by atoms with van der Waals surface area (Å²) in [7, 11) is 1.45. The Morgan fingerprint density at radius 3 is 2.45 bits per heavy atom. The van der Waals surface area contributed by atoms with Gasteiger partial charge in [0.25, 0.3) is 0 Å². The average Bonchev–Trinajstić information content (AvgIpc) is 2.91. The molecule has 1 rings (SSSR count). The number of nitrogens with one attached hydrogen (secondary N) is 2. The second kappa shape index (κ2) is 8.91. The van der Waals surface area contributed by atoms with Gasteiger partial charge in [-0.25, -0.2) is 0 Å². The summed E-state index contributed by atoms with van der Waals surface area (Å²) in [6, 6.07) is 0.450. The minimum atomic E-state index is -4.15. The molecule has 1 aliphatic rings. The van der Waals surface area contributed by atoms with Gasteiger partial charge < -0.3 is 10.6 Å². The Bertz CT molecular complexity index is 310. The maximum Gasteiger partial charge on any atom is 0.401 e. The van der Waals surface area contributed by atoms with Gasteiger partial charge in [0.05, 0.1) is 13.1 Å². The zero-order valence-corrected chi connectivity index (χ0v) is 14.5. The lowest BCUT2D eigenvalue weighted by Crippen LogP contribution is -2.40. The number of alkyl halides is 3. The maximum absolute atomic E-state index is 12.1. The Morgan fingerprint density at radius 2 is 2.00 bits per heavy atom. The standard InChI is InChI=1S/C12H23F3N4.HI/c1-4-16-11(18-10-7-9(10)2)17-5-6-19(3)8-12(13,14)15;/h9-10H,4-8H2,1-3H3,(H2,16,17,18);1H. The van der Waals surface area contributed by atoms with Crippen LogP contribution < -0.4 is 10.6 Å². The highest BCUT2D eigenvalue weighted by Gasteiger charge is 2.33. The highest BCUT2D eigenvalue weighted by atomic mass is 127. The summed E-state index contributed by atoms with van der Waals surface area (Å²) in [6.07, 6.45) is -3.02. The number of hydrogen-bond acceptors (Lipinski definition) is 2. The van der Waals surface area contributed by atoms with Gasteiger partial charge in [-0.1, -0.05) is 6.92 Å². The van der Waals surface area contributed by atoms with Crippen molar-refractivity contribution in [2.75, 3.05) is 33.2 Å². The van der Waals surface area contributed by atoms with E-state index >= 15 is 0 Å². The first-order chi connectivity index (χ1) is 8.81. The number of guanidine groups is 1. The van der Waals surface area contributed by atoms with E-state index in [1.165, 1.54) is 11.9 Å².